The van der Waals surface area contributed by atoms with Gasteiger partial charge in [-0.3, -0.25) is 9.59 Å². The van der Waals surface area contributed by atoms with Gasteiger partial charge in [0.05, 0.1) is 24.9 Å². The van der Waals surface area contributed by atoms with Crippen molar-refractivity contribution >= 4 is 34.8 Å². The van der Waals surface area contributed by atoms with Gasteiger partial charge in [-0.2, -0.15) is 0 Å². The number of anilines is 2. The van der Waals surface area contributed by atoms with Gasteiger partial charge in [-0.15, -0.1) is 0 Å². The molecule has 0 aliphatic carbocycles. The normalized spacial score (nSPS) is 11.5. The lowest BCUT2D eigenvalue weighted by Crippen LogP contribution is -2.30. The third kappa shape index (κ3) is 6.31. The number of benzene rings is 3. The quantitative estimate of drug-likeness (QED) is 0.468. The van der Waals surface area contributed by atoms with Crippen LogP contribution in [0, 0.1) is 0 Å². The number of para-hydroxylation sites is 1. The molecule has 31 heavy (non-hydrogen) atoms. The molecule has 6 nitrogen and oxygen atoms in total. The summed E-state index contributed by atoms with van der Waals surface area (Å²) in [4.78, 5) is 25.2. The molecule has 3 aromatic rings. The van der Waals surface area contributed by atoms with Crippen molar-refractivity contribution in [1.82, 2.24) is 5.32 Å². The summed E-state index contributed by atoms with van der Waals surface area (Å²) in [6.07, 6.45) is 0. The van der Waals surface area contributed by atoms with Crippen molar-refractivity contribution in [3.05, 3.63) is 88.9 Å². The van der Waals surface area contributed by atoms with E-state index in [1.807, 2.05) is 31.2 Å². The highest BCUT2D eigenvalue weighted by molar-refractivity contribution is 6.30. The van der Waals surface area contributed by atoms with E-state index in [1.54, 1.807) is 55.6 Å². The molecule has 0 aliphatic heterocycles. The predicted molar refractivity (Wildman–Crippen MR) is 124 cm³/mol. The van der Waals surface area contributed by atoms with E-state index in [2.05, 4.69) is 16.0 Å². The molecule has 1 atom stereocenters. The molecule has 0 saturated carbocycles. The first-order valence-corrected chi connectivity index (χ1v) is 10.2. The zero-order valence-corrected chi connectivity index (χ0v) is 18.1. The highest BCUT2D eigenvalue weighted by atomic mass is 35.5. The Kier molecular flexibility index (Phi) is 7.65. The Balaban J connectivity index is 1.60. The highest BCUT2D eigenvalue weighted by Crippen LogP contribution is 2.20. The lowest BCUT2D eigenvalue weighted by Gasteiger charge is -2.15. The lowest BCUT2D eigenvalue weighted by molar-refractivity contribution is -0.115. The Morgan fingerprint density at radius 1 is 0.935 bits per heavy atom. The number of rotatable bonds is 8. The van der Waals surface area contributed by atoms with Gasteiger partial charge in [-0.25, -0.2) is 0 Å². The van der Waals surface area contributed by atoms with E-state index in [4.69, 9.17) is 16.3 Å². The van der Waals surface area contributed by atoms with Gasteiger partial charge in [0, 0.05) is 16.8 Å². The molecule has 0 aromatic heterocycles. The number of halogens is 1. The van der Waals surface area contributed by atoms with Gasteiger partial charge in [0.2, 0.25) is 5.91 Å². The molecule has 2 amide bonds. The Hall–Kier alpha value is -3.35. The predicted octanol–water partition coefficient (Wildman–Crippen LogP) is 4.89. The maximum absolute atomic E-state index is 12.7. The van der Waals surface area contributed by atoms with Gasteiger partial charge in [0.25, 0.3) is 5.91 Å². The van der Waals surface area contributed by atoms with Crippen LogP contribution in [0.15, 0.2) is 72.8 Å². The third-order valence-corrected chi connectivity index (χ3v) is 4.98. The molecule has 3 aromatic carbocycles. The van der Waals surface area contributed by atoms with Gasteiger partial charge >= 0.3 is 0 Å². The summed E-state index contributed by atoms with van der Waals surface area (Å²) in [5, 5.41) is 9.47. The molecule has 0 unspecified atom stereocenters. The van der Waals surface area contributed by atoms with Crippen LogP contribution in [0.4, 0.5) is 11.4 Å². The fraction of sp³-hybridized carbons (Fsp3) is 0.167. The van der Waals surface area contributed by atoms with Crippen molar-refractivity contribution in [2.24, 2.45) is 0 Å². The second kappa shape index (κ2) is 10.6. The van der Waals surface area contributed by atoms with Gasteiger partial charge in [0.1, 0.15) is 5.75 Å². The van der Waals surface area contributed by atoms with Crippen LogP contribution in [0.2, 0.25) is 5.02 Å². The second-order valence-electron chi connectivity index (χ2n) is 6.93. The fourth-order valence-electron chi connectivity index (χ4n) is 2.97. The van der Waals surface area contributed by atoms with E-state index < -0.39 is 0 Å². The summed E-state index contributed by atoms with van der Waals surface area (Å²) in [5.74, 6) is 0.139. The first kappa shape index (κ1) is 22.3. The monoisotopic (exact) mass is 437 g/mol. The molecular formula is C24H24ClN3O3. The molecule has 3 N–H and O–H groups in total. The molecule has 160 valence electrons. The summed E-state index contributed by atoms with van der Waals surface area (Å²) >= 11 is 5.92. The summed E-state index contributed by atoms with van der Waals surface area (Å²) < 4.78 is 5.12. The van der Waals surface area contributed by atoms with Crippen LogP contribution in [0.25, 0.3) is 0 Å². The molecule has 0 aliphatic rings. The van der Waals surface area contributed by atoms with Crippen LogP contribution in [0.5, 0.6) is 5.75 Å². The van der Waals surface area contributed by atoms with Crippen LogP contribution in [-0.4, -0.2) is 25.5 Å². The number of carbonyl (C=O) groups is 2. The van der Waals surface area contributed by atoms with Crippen molar-refractivity contribution in [2.75, 3.05) is 24.3 Å². The van der Waals surface area contributed by atoms with Gasteiger partial charge < -0.3 is 20.7 Å². The zero-order chi connectivity index (χ0) is 22.2. The molecule has 0 heterocycles. The number of nitrogens with one attached hydrogen (secondary N) is 3. The highest BCUT2D eigenvalue weighted by Gasteiger charge is 2.14. The minimum atomic E-state index is -0.316. The number of methoxy groups -OCH3 is 1. The Labute approximate surface area is 186 Å². The van der Waals surface area contributed by atoms with Crippen molar-refractivity contribution in [1.29, 1.82) is 0 Å². The zero-order valence-electron chi connectivity index (χ0n) is 17.3. The maximum Gasteiger partial charge on any atom is 0.257 e. The van der Waals surface area contributed by atoms with E-state index in [1.165, 1.54) is 0 Å². The summed E-state index contributed by atoms with van der Waals surface area (Å²) in [6, 6.07) is 21.3. The molecule has 0 radical (unpaired) electrons. The van der Waals surface area contributed by atoms with Crippen molar-refractivity contribution in [3.8, 4) is 5.75 Å². The average Bonchev–Trinajstić information content (AvgIpc) is 2.79. The summed E-state index contributed by atoms with van der Waals surface area (Å²) in [5.41, 5.74) is 2.47. The molecule has 7 heteroatoms. The lowest BCUT2D eigenvalue weighted by atomic mass is 10.1. The number of hydrogen-bond acceptors (Lipinski definition) is 4. The number of ether oxygens (including phenoxy) is 1. The summed E-state index contributed by atoms with van der Waals surface area (Å²) in [6.45, 7) is 2.06. The van der Waals surface area contributed by atoms with Gasteiger partial charge in [-0.1, -0.05) is 35.9 Å². The largest absolute Gasteiger partial charge is 0.497 e. The molecule has 3 rings (SSSR count). The molecule has 0 bridgehead atoms. The summed E-state index contributed by atoms with van der Waals surface area (Å²) in [7, 11) is 1.58. The van der Waals surface area contributed by atoms with Crippen LogP contribution in [-0.2, 0) is 4.79 Å². The Morgan fingerprint density at radius 2 is 1.61 bits per heavy atom. The van der Waals surface area contributed by atoms with Crippen molar-refractivity contribution in [3.63, 3.8) is 0 Å². The SMILES string of the molecule is COc1ccc(NC(=O)c2ccccc2NC(=O)CN[C@H](C)c2ccc(Cl)cc2)cc1. The smallest absolute Gasteiger partial charge is 0.257 e. The topological polar surface area (TPSA) is 79.5 Å². The first-order valence-electron chi connectivity index (χ1n) is 9.79. The number of amides is 2. The maximum atomic E-state index is 12.7. The molecule has 0 saturated heterocycles. The molecular weight excluding hydrogens is 414 g/mol. The van der Waals surface area contributed by atoms with E-state index in [0.717, 1.165) is 5.56 Å². The van der Waals surface area contributed by atoms with E-state index >= 15 is 0 Å². The van der Waals surface area contributed by atoms with Crippen LogP contribution >= 0.6 is 11.6 Å². The van der Waals surface area contributed by atoms with Crippen LogP contribution in [0.1, 0.15) is 28.9 Å². The van der Waals surface area contributed by atoms with E-state index in [0.29, 0.717) is 27.7 Å². The number of carbonyl (C=O) groups excluding carboxylic acids is 2. The van der Waals surface area contributed by atoms with E-state index in [-0.39, 0.29) is 24.4 Å². The second-order valence-corrected chi connectivity index (χ2v) is 7.37. The average molecular weight is 438 g/mol. The molecule has 0 spiro atoms. The Morgan fingerprint density at radius 3 is 2.29 bits per heavy atom. The number of hydrogen-bond donors (Lipinski definition) is 3. The third-order valence-electron chi connectivity index (χ3n) is 4.73. The van der Waals surface area contributed by atoms with Crippen molar-refractivity contribution < 1.29 is 14.3 Å². The van der Waals surface area contributed by atoms with Crippen LogP contribution in [0.3, 0.4) is 0 Å². The van der Waals surface area contributed by atoms with Crippen molar-refractivity contribution in [2.45, 2.75) is 13.0 Å². The minimum Gasteiger partial charge on any atom is -0.497 e. The first-order chi connectivity index (χ1) is 15.0. The van der Waals surface area contributed by atoms with Gasteiger partial charge in [-0.05, 0) is 61.0 Å². The van der Waals surface area contributed by atoms with Gasteiger partial charge in [0.15, 0.2) is 0 Å². The van der Waals surface area contributed by atoms with Crippen LogP contribution < -0.4 is 20.7 Å². The van der Waals surface area contributed by atoms with E-state index in [9.17, 15) is 9.59 Å². The minimum absolute atomic E-state index is 0.0309. The fourth-order valence-corrected chi connectivity index (χ4v) is 3.10. The molecule has 0 fully saturated rings. The Bertz CT molecular complexity index is 1040. The standard InChI is InChI=1S/C24H24ClN3O3/c1-16(17-7-9-18(25)10-8-17)26-15-23(29)28-22-6-4-3-5-21(22)24(30)27-19-11-13-20(31-2)14-12-19/h3-14,16,26H,15H2,1-2H3,(H,27,30)(H,28,29)/t16-/m1/s1.